The van der Waals surface area contributed by atoms with Gasteiger partial charge in [-0.3, -0.25) is 18.8 Å². The van der Waals surface area contributed by atoms with E-state index < -0.39 is 0 Å². The lowest BCUT2D eigenvalue weighted by molar-refractivity contribution is -0.138. The third kappa shape index (κ3) is 3.71. The van der Waals surface area contributed by atoms with Gasteiger partial charge in [-0.05, 0) is 25.5 Å². The number of aromatic nitrogens is 3. The zero-order valence-corrected chi connectivity index (χ0v) is 18.3. The molecular formula is C22H29N5O2S. The van der Waals surface area contributed by atoms with Gasteiger partial charge >= 0.3 is 0 Å². The lowest BCUT2D eigenvalue weighted by Gasteiger charge is -2.47. The number of fused-ring (bicyclic) bond motifs is 4. The number of nitrogens with zero attached hydrogens (tertiary/aromatic N) is 5. The van der Waals surface area contributed by atoms with Crippen molar-refractivity contribution in [2.75, 3.05) is 44.2 Å². The SMILES string of the molecule is Cc1ccn(CCN2C[C@@H]3C[C@H](C2)[C@H](C(=O)N2CCSCC2)n2c3cccc2=O)n1. The number of carbonyl (C=O) groups is 1. The minimum absolute atomic E-state index is 0.0348. The van der Waals surface area contributed by atoms with Gasteiger partial charge in [0.1, 0.15) is 6.04 Å². The van der Waals surface area contributed by atoms with E-state index in [2.05, 4.69) is 16.1 Å². The summed E-state index contributed by atoms with van der Waals surface area (Å²) in [6.45, 7) is 7.12. The summed E-state index contributed by atoms with van der Waals surface area (Å²) in [5.74, 6) is 2.59. The Hall–Kier alpha value is -2.06. The van der Waals surface area contributed by atoms with E-state index in [1.165, 1.54) is 0 Å². The fourth-order valence-corrected chi connectivity index (χ4v) is 6.23. The molecule has 2 aromatic rings. The second-order valence-corrected chi connectivity index (χ2v) is 9.94. The molecule has 0 unspecified atom stereocenters. The Kier molecular flexibility index (Phi) is 5.45. The Morgan fingerprint density at radius 1 is 1.17 bits per heavy atom. The molecule has 30 heavy (non-hydrogen) atoms. The number of likely N-dealkylation sites (tertiary alicyclic amines) is 1. The summed E-state index contributed by atoms with van der Waals surface area (Å²) in [5.41, 5.74) is 2.03. The third-order valence-electron chi connectivity index (χ3n) is 6.72. The number of carbonyl (C=O) groups excluding carboxylic acids is 1. The third-order valence-corrected chi connectivity index (χ3v) is 7.66. The van der Waals surface area contributed by atoms with Crippen LogP contribution in [0.2, 0.25) is 0 Å². The minimum Gasteiger partial charge on any atom is -0.339 e. The van der Waals surface area contributed by atoms with Gasteiger partial charge in [-0.15, -0.1) is 0 Å². The van der Waals surface area contributed by atoms with Gasteiger partial charge in [-0.2, -0.15) is 16.9 Å². The van der Waals surface area contributed by atoms with Crippen LogP contribution in [0.4, 0.5) is 0 Å². The number of pyridine rings is 1. The van der Waals surface area contributed by atoms with Gasteiger partial charge in [0.2, 0.25) is 5.91 Å². The normalized spacial score (nSPS) is 26.4. The Bertz CT molecular complexity index is 980. The molecule has 0 spiro atoms. The number of rotatable bonds is 4. The molecule has 2 bridgehead atoms. The molecule has 0 saturated carbocycles. The van der Waals surface area contributed by atoms with Gasteiger partial charge < -0.3 is 9.80 Å². The van der Waals surface area contributed by atoms with Crippen LogP contribution in [0.15, 0.2) is 35.3 Å². The van der Waals surface area contributed by atoms with Gasteiger partial charge in [-0.1, -0.05) is 6.07 Å². The molecule has 5 heterocycles. The minimum atomic E-state index is -0.372. The summed E-state index contributed by atoms with van der Waals surface area (Å²) in [6, 6.07) is 7.16. The van der Waals surface area contributed by atoms with E-state index in [1.807, 2.05) is 51.2 Å². The fourth-order valence-electron chi connectivity index (χ4n) is 5.33. The molecule has 3 aliphatic rings. The summed E-state index contributed by atoms with van der Waals surface area (Å²) in [4.78, 5) is 30.9. The number of hydrogen-bond donors (Lipinski definition) is 0. The first-order valence-electron chi connectivity index (χ1n) is 10.9. The highest BCUT2D eigenvalue weighted by atomic mass is 32.2. The lowest BCUT2D eigenvalue weighted by atomic mass is 9.78. The van der Waals surface area contributed by atoms with E-state index in [4.69, 9.17) is 0 Å². The van der Waals surface area contributed by atoms with E-state index in [9.17, 15) is 9.59 Å². The van der Waals surface area contributed by atoms with E-state index in [0.29, 0.717) is 5.92 Å². The summed E-state index contributed by atoms with van der Waals surface area (Å²) in [7, 11) is 0. The van der Waals surface area contributed by atoms with Gasteiger partial charge in [0.25, 0.3) is 5.56 Å². The molecule has 8 heteroatoms. The van der Waals surface area contributed by atoms with E-state index in [1.54, 1.807) is 6.07 Å². The first-order valence-corrected chi connectivity index (χ1v) is 12.1. The van der Waals surface area contributed by atoms with E-state index >= 15 is 0 Å². The molecule has 7 nitrogen and oxygen atoms in total. The van der Waals surface area contributed by atoms with Crippen molar-refractivity contribution in [2.24, 2.45) is 5.92 Å². The Balaban J connectivity index is 1.41. The van der Waals surface area contributed by atoms with Crippen molar-refractivity contribution in [3.63, 3.8) is 0 Å². The smallest absolute Gasteiger partial charge is 0.251 e. The summed E-state index contributed by atoms with van der Waals surface area (Å²) >= 11 is 1.90. The van der Waals surface area contributed by atoms with Crippen LogP contribution >= 0.6 is 11.8 Å². The second-order valence-electron chi connectivity index (χ2n) is 8.71. The van der Waals surface area contributed by atoms with Crippen LogP contribution in [0.1, 0.15) is 29.8 Å². The lowest BCUT2D eigenvalue weighted by Crippen LogP contribution is -2.55. The van der Waals surface area contributed by atoms with Crippen molar-refractivity contribution in [3.8, 4) is 0 Å². The fraction of sp³-hybridized carbons (Fsp3) is 0.591. The van der Waals surface area contributed by atoms with Crippen LogP contribution in [-0.4, -0.2) is 74.3 Å². The molecule has 1 amide bonds. The number of aryl methyl sites for hydroxylation is 1. The first kappa shape index (κ1) is 19.9. The maximum absolute atomic E-state index is 13.6. The summed E-state index contributed by atoms with van der Waals surface area (Å²) in [5, 5.41) is 4.50. The average molecular weight is 428 g/mol. The number of piperidine rings is 1. The second kappa shape index (κ2) is 8.23. The Morgan fingerprint density at radius 3 is 2.77 bits per heavy atom. The molecule has 160 valence electrons. The molecule has 2 fully saturated rings. The standard InChI is InChI=1S/C22H29N5O2S/c1-16-5-6-26(23-16)8-7-24-14-17-13-18(15-24)21(22(29)25-9-11-30-12-10-25)27-19(17)3-2-4-20(27)28/h2-6,17-18,21H,7-15H2,1H3/t17-,18+,21+/m0/s1. The predicted octanol–water partition coefficient (Wildman–Crippen LogP) is 1.59. The molecule has 0 N–H and O–H groups in total. The van der Waals surface area contributed by atoms with Gasteiger partial charge in [0.05, 0.1) is 12.2 Å². The van der Waals surface area contributed by atoms with Crippen molar-refractivity contribution < 1.29 is 4.79 Å². The van der Waals surface area contributed by atoms with Crippen LogP contribution in [0, 0.1) is 12.8 Å². The van der Waals surface area contributed by atoms with Crippen molar-refractivity contribution >= 4 is 17.7 Å². The molecule has 0 aromatic carbocycles. The molecule has 0 radical (unpaired) electrons. The van der Waals surface area contributed by atoms with Gasteiger partial charge in [0.15, 0.2) is 0 Å². The van der Waals surface area contributed by atoms with E-state index in [0.717, 1.165) is 68.6 Å². The monoisotopic (exact) mass is 427 g/mol. The van der Waals surface area contributed by atoms with Crippen LogP contribution in [0.3, 0.4) is 0 Å². The summed E-state index contributed by atoms with van der Waals surface area (Å²) in [6.07, 6.45) is 3.01. The van der Waals surface area contributed by atoms with Crippen molar-refractivity contribution in [2.45, 2.75) is 31.8 Å². The zero-order valence-electron chi connectivity index (χ0n) is 17.4. The molecule has 2 aromatic heterocycles. The van der Waals surface area contributed by atoms with Crippen LogP contribution in [0.25, 0.3) is 0 Å². The highest BCUT2D eigenvalue weighted by Gasteiger charge is 2.44. The van der Waals surface area contributed by atoms with Crippen molar-refractivity contribution in [1.29, 1.82) is 0 Å². The first-order chi connectivity index (χ1) is 14.6. The van der Waals surface area contributed by atoms with Crippen LogP contribution in [-0.2, 0) is 11.3 Å². The maximum Gasteiger partial charge on any atom is 0.251 e. The summed E-state index contributed by atoms with van der Waals surface area (Å²) < 4.78 is 3.82. The highest BCUT2D eigenvalue weighted by Crippen LogP contribution is 2.41. The number of hydrogen-bond acceptors (Lipinski definition) is 5. The maximum atomic E-state index is 13.6. The number of amides is 1. The largest absolute Gasteiger partial charge is 0.339 e. The topological polar surface area (TPSA) is 63.4 Å². The van der Waals surface area contributed by atoms with Crippen molar-refractivity contribution in [1.82, 2.24) is 24.1 Å². The Labute approximate surface area is 181 Å². The molecule has 3 atom stereocenters. The molecule has 0 aliphatic carbocycles. The predicted molar refractivity (Wildman–Crippen MR) is 118 cm³/mol. The van der Waals surface area contributed by atoms with Gasteiger partial charge in [-0.25, -0.2) is 0 Å². The zero-order chi connectivity index (χ0) is 20.7. The molecule has 2 saturated heterocycles. The highest BCUT2D eigenvalue weighted by molar-refractivity contribution is 7.99. The molecule has 5 rings (SSSR count). The van der Waals surface area contributed by atoms with Crippen molar-refractivity contribution in [3.05, 3.63) is 52.2 Å². The molecule has 3 aliphatic heterocycles. The Morgan fingerprint density at radius 2 is 2.00 bits per heavy atom. The van der Waals surface area contributed by atoms with Crippen LogP contribution in [0.5, 0.6) is 0 Å². The molecular weight excluding hydrogens is 398 g/mol. The van der Waals surface area contributed by atoms with Gasteiger partial charge in [0, 0.05) is 74.0 Å². The average Bonchev–Trinajstić information content (AvgIpc) is 3.18. The number of thioether (sulfide) groups is 1. The quantitative estimate of drug-likeness (QED) is 0.742. The van der Waals surface area contributed by atoms with E-state index in [-0.39, 0.29) is 23.4 Å². The van der Waals surface area contributed by atoms with Crippen LogP contribution < -0.4 is 5.56 Å².